The molecule has 1 heterocycles. The minimum absolute atomic E-state index is 0.215. The van der Waals surface area contributed by atoms with Crippen LogP contribution in [-0.4, -0.2) is 22.3 Å². The highest BCUT2D eigenvalue weighted by Crippen LogP contribution is 2.33. The molecule has 0 atom stereocenters. The van der Waals surface area contributed by atoms with E-state index in [1.807, 2.05) is 30.3 Å². The van der Waals surface area contributed by atoms with Gasteiger partial charge in [-0.05, 0) is 68.7 Å². The Morgan fingerprint density at radius 2 is 1.85 bits per heavy atom. The zero-order chi connectivity index (χ0) is 18.7. The van der Waals surface area contributed by atoms with Crippen LogP contribution < -0.4 is 9.47 Å². The Hall–Kier alpha value is -2.59. The molecule has 0 amide bonds. The Labute approximate surface area is 154 Å². The summed E-state index contributed by atoms with van der Waals surface area (Å²) in [6, 6.07) is 13.8. The second kappa shape index (κ2) is 7.34. The van der Waals surface area contributed by atoms with E-state index in [4.69, 9.17) is 9.47 Å². The minimum Gasteiger partial charge on any atom is -0.491 e. The largest absolute Gasteiger partial charge is 0.491 e. The summed E-state index contributed by atoms with van der Waals surface area (Å²) in [7, 11) is 0. The monoisotopic (exact) mass is 351 g/mol. The molecule has 1 N–H and O–H groups in total. The molecule has 26 heavy (non-hydrogen) atoms. The van der Waals surface area contributed by atoms with Crippen molar-refractivity contribution in [2.24, 2.45) is 0 Å². The molecule has 3 aromatic rings. The van der Waals surface area contributed by atoms with Crippen LogP contribution >= 0.6 is 0 Å². The van der Waals surface area contributed by atoms with Gasteiger partial charge in [0, 0.05) is 11.6 Å². The lowest BCUT2D eigenvalue weighted by atomic mass is 10.1. The number of aliphatic hydroxyl groups is 1. The van der Waals surface area contributed by atoms with Crippen LogP contribution in [0.15, 0.2) is 48.7 Å². The Morgan fingerprint density at radius 1 is 1.04 bits per heavy atom. The lowest BCUT2D eigenvalue weighted by Gasteiger charge is -2.18. The predicted octanol–water partition coefficient (Wildman–Crippen LogP) is 5.05. The molecule has 0 aliphatic rings. The molecule has 0 aliphatic carbocycles. The van der Waals surface area contributed by atoms with Crippen molar-refractivity contribution in [2.45, 2.75) is 39.7 Å². The van der Waals surface area contributed by atoms with Gasteiger partial charge in [-0.15, -0.1) is 0 Å². The third kappa shape index (κ3) is 4.33. The molecule has 0 saturated carbocycles. The van der Waals surface area contributed by atoms with Gasteiger partial charge in [0.15, 0.2) is 0 Å². The number of rotatable bonds is 6. The Kier molecular flexibility index (Phi) is 5.14. The molecular formula is C22H25NO3. The molecule has 0 unspecified atom stereocenters. The summed E-state index contributed by atoms with van der Waals surface area (Å²) < 4.78 is 11.9. The summed E-state index contributed by atoms with van der Waals surface area (Å²) in [5.74, 6) is 2.24. The number of pyridine rings is 1. The molecule has 0 aliphatic heterocycles. The highest BCUT2D eigenvalue weighted by Gasteiger charge is 2.14. The summed E-state index contributed by atoms with van der Waals surface area (Å²) in [4.78, 5) is 4.40. The highest BCUT2D eigenvalue weighted by atomic mass is 16.5. The maximum absolute atomic E-state index is 9.85. The standard InChI is InChI=1S/C22H25NO3/c1-5-16-6-9-20(15(2)12-16)26-21-10-11-23-19-8-7-17(13-18(19)21)25-14-22(3,4)24/h6-13,24H,5,14H2,1-4H3. The number of fused-ring (bicyclic) bond motifs is 1. The van der Waals surface area contributed by atoms with Gasteiger partial charge in [-0.1, -0.05) is 19.1 Å². The Bertz CT molecular complexity index is 913. The first-order valence-electron chi connectivity index (χ1n) is 8.87. The summed E-state index contributed by atoms with van der Waals surface area (Å²) in [6.07, 6.45) is 2.74. The Morgan fingerprint density at radius 3 is 2.54 bits per heavy atom. The van der Waals surface area contributed by atoms with Gasteiger partial charge in [-0.25, -0.2) is 0 Å². The van der Waals surface area contributed by atoms with E-state index in [2.05, 4.69) is 31.0 Å². The number of aryl methyl sites for hydroxylation is 2. The summed E-state index contributed by atoms with van der Waals surface area (Å²) >= 11 is 0. The fourth-order valence-corrected chi connectivity index (χ4v) is 2.70. The molecule has 4 heteroatoms. The first-order valence-corrected chi connectivity index (χ1v) is 8.87. The highest BCUT2D eigenvalue weighted by molar-refractivity contribution is 5.86. The predicted molar refractivity (Wildman–Crippen MR) is 104 cm³/mol. The topological polar surface area (TPSA) is 51.6 Å². The van der Waals surface area contributed by atoms with Crippen LogP contribution in [0.3, 0.4) is 0 Å². The lowest BCUT2D eigenvalue weighted by Crippen LogP contribution is -2.27. The molecular weight excluding hydrogens is 326 g/mol. The van der Waals surface area contributed by atoms with E-state index < -0.39 is 5.60 Å². The van der Waals surface area contributed by atoms with Gasteiger partial charge in [0.1, 0.15) is 23.9 Å². The van der Waals surface area contributed by atoms with Crippen LogP contribution in [0.2, 0.25) is 0 Å². The molecule has 4 nitrogen and oxygen atoms in total. The van der Waals surface area contributed by atoms with Gasteiger partial charge in [-0.3, -0.25) is 4.98 Å². The molecule has 0 bridgehead atoms. The number of hydrogen-bond donors (Lipinski definition) is 1. The van der Waals surface area contributed by atoms with Crippen LogP contribution in [0.4, 0.5) is 0 Å². The summed E-state index contributed by atoms with van der Waals surface area (Å²) in [5, 5.41) is 10.7. The van der Waals surface area contributed by atoms with Crippen LogP contribution in [0.1, 0.15) is 31.9 Å². The SMILES string of the molecule is CCc1ccc(Oc2ccnc3ccc(OCC(C)(C)O)cc23)c(C)c1. The van der Waals surface area contributed by atoms with Crippen LogP contribution in [0.5, 0.6) is 17.2 Å². The number of aromatic nitrogens is 1. The lowest BCUT2D eigenvalue weighted by molar-refractivity contribution is 0.0285. The fourth-order valence-electron chi connectivity index (χ4n) is 2.70. The number of nitrogens with zero attached hydrogens (tertiary/aromatic N) is 1. The third-order valence-electron chi connectivity index (χ3n) is 4.13. The number of benzene rings is 2. The fraction of sp³-hybridized carbons (Fsp3) is 0.318. The normalized spacial score (nSPS) is 11.6. The third-order valence-corrected chi connectivity index (χ3v) is 4.13. The van der Waals surface area contributed by atoms with Crippen molar-refractivity contribution in [1.29, 1.82) is 0 Å². The smallest absolute Gasteiger partial charge is 0.138 e. The average Bonchev–Trinajstić information content (AvgIpc) is 2.61. The Balaban J connectivity index is 1.92. The van der Waals surface area contributed by atoms with Crippen LogP contribution in [0, 0.1) is 6.92 Å². The van der Waals surface area contributed by atoms with E-state index in [0.29, 0.717) is 5.75 Å². The molecule has 1 aromatic heterocycles. The molecule has 2 aromatic carbocycles. The molecule has 0 spiro atoms. The van der Waals surface area contributed by atoms with Crippen LogP contribution in [-0.2, 0) is 6.42 Å². The van der Waals surface area contributed by atoms with Crippen molar-refractivity contribution in [2.75, 3.05) is 6.61 Å². The van der Waals surface area contributed by atoms with E-state index in [1.165, 1.54) is 5.56 Å². The van der Waals surface area contributed by atoms with Gasteiger partial charge in [-0.2, -0.15) is 0 Å². The molecule has 0 saturated heterocycles. The maximum Gasteiger partial charge on any atom is 0.138 e. The van der Waals surface area contributed by atoms with Crippen molar-refractivity contribution >= 4 is 10.9 Å². The second-order valence-electron chi connectivity index (χ2n) is 7.14. The van der Waals surface area contributed by atoms with Crippen molar-refractivity contribution in [3.05, 3.63) is 59.8 Å². The first kappa shape index (κ1) is 18.2. The average molecular weight is 351 g/mol. The molecule has 136 valence electrons. The minimum atomic E-state index is -0.888. The van der Waals surface area contributed by atoms with Gasteiger partial charge in [0.2, 0.25) is 0 Å². The van der Waals surface area contributed by atoms with E-state index in [-0.39, 0.29) is 6.61 Å². The van der Waals surface area contributed by atoms with Gasteiger partial charge >= 0.3 is 0 Å². The van der Waals surface area contributed by atoms with E-state index in [1.54, 1.807) is 20.0 Å². The van der Waals surface area contributed by atoms with Crippen molar-refractivity contribution in [3.8, 4) is 17.2 Å². The van der Waals surface area contributed by atoms with E-state index >= 15 is 0 Å². The van der Waals surface area contributed by atoms with Crippen molar-refractivity contribution in [1.82, 2.24) is 4.98 Å². The van der Waals surface area contributed by atoms with E-state index in [0.717, 1.165) is 34.4 Å². The van der Waals surface area contributed by atoms with Gasteiger partial charge < -0.3 is 14.6 Å². The second-order valence-corrected chi connectivity index (χ2v) is 7.14. The first-order chi connectivity index (χ1) is 12.4. The zero-order valence-corrected chi connectivity index (χ0v) is 15.7. The zero-order valence-electron chi connectivity index (χ0n) is 15.7. The number of hydrogen-bond acceptors (Lipinski definition) is 4. The van der Waals surface area contributed by atoms with Crippen molar-refractivity contribution < 1.29 is 14.6 Å². The van der Waals surface area contributed by atoms with Gasteiger partial charge in [0.25, 0.3) is 0 Å². The molecule has 3 rings (SSSR count). The maximum atomic E-state index is 9.85. The summed E-state index contributed by atoms with van der Waals surface area (Å²) in [6.45, 7) is 7.84. The number of ether oxygens (including phenoxy) is 2. The molecule has 0 radical (unpaired) electrons. The van der Waals surface area contributed by atoms with Crippen LogP contribution in [0.25, 0.3) is 10.9 Å². The molecule has 0 fully saturated rings. The quantitative estimate of drug-likeness (QED) is 0.675. The van der Waals surface area contributed by atoms with E-state index in [9.17, 15) is 5.11 Å². The van der Waals surface area contributed by atoms with Gasteiger partial charge in [0.05, 0.1) is 11.1 Å². The summed E-state index contributed by atoms with van der Waals surface area (Å²) in [5.41, 5.74) is 2.34. The van der Waals surface area contributed by atoms with Crippen molar-refractivity contribution in [3.63, 3.8) is 0 Å².